The second-order valence-electron chi connectivity index (χ2n) is 6.58. The van der Waals surface area contributed by atoms with E-state index in [4.69, 9.17) is 0 Å². The highest BCUT2D eigenvalue weighted by Crippen LogP contribution is 2.21. The Morgan fingerprint density at radius 1 is 1.17 bits per heavy atom. The smallest absolute Gasteiger partial charge is 0.246 e. The molecule has 4 nitrogen and oxygen atoms in total. The van der Waals surface area contributed by atoms with Crippen LogP contribution in [0.25, 0.3) is 11.8 Å². The monoisotopic (exact) mass is 309 g/mol. The first-order valence-electron chi connectivity index (χ1n) is 8.19. The molecule has 4 heteroatoms. The van der Waals surface area contributed by atoms with Gasteiger partial charge < -0.3 is 4.90 Å². The Morgan fingerprint density at radius 2 is 1.87 bits per heavy atom. The van der Waals surface area contributed by atoms with Gasteiger partial charge in [-0.2, -0.15) is 5.10 Å². The minimum absolute atomic E-state index is 0.0934. The largest absolute Gasteiger partial charge is 0.339 e. The van der Waals surface area contributed by atoms with Crippen LogP contribution in [0.1, 0.15) is 25.8 Å². The lowest BCUT2D eigenvalue weighted by atomic mass is 9.92. The molecule has 0 spiro atoms. The number of likely N-dealkylation sites (tertiary alicyclic amines) is 1. The second-order valence-corrected chi connectivity index (χ2v) is 6.58. The third kappa shape index (κ3) is 3.89. The molecule has 1 aliphatic rings. The maximum atomic E-state index is 12.4. The van der Waals surface area contributed by atoms with Crippen molar-refractivity contribution >= 4 is 12.0 Å². The van der Waals surface area contributed by atoms with Gasteiger partial charge in [-0.25, -0.2) is 4.68 Å². The number of hydrogen-bond donors (Lipinski definition) is 0. The van der Waals surface area contributed by atoms with E-state index >= 15 is 0 Å². The summed E-state index contributed by atoms with van der Waals surface area (Å²) in [4.78, 5) is 14.3. The number of carbonyl (C=O) groups is 1. The molecule has 2 aromatic rings. The maximum absolute atomic E-state index is 12.4. The van der Waals surface area contributed by atoms with E-state index in [1.807, 2.05) is 52.2 Å². The molecule has 23 heavy (non-hydrogen) atoms. The fourth-order valence-corrected chi connectivity index (χ4v) is 3.26. The summed E-state index contributed by atoms with van der Waals surface area (Å²) in [6, 6.07) is 9.95. The zero-order chi connectivity index (χ0) is 16.2. The fraction of sp³-hybridized carbons (Fsp3) is 0.368. The van der Waals surface area contributed by atoms with E-state index in [1.54, 1.807) is 12.3 Å². The number of nitrogens with zero attached hydrogens (tertiary/aromatic N) is 3. The predicted molar refractivity (Wildman–Crippen MR) is 92.1 cm³/mol. The topological polar surface area (TPSA) is 38.1 Å². The summed E-state index contributed by atoms with van der Waals surface area (Å²) < 4.78 is 1.81. The number of aromatic nitrogens is 2. The van der Waals surface area contributed by atoms with Crippen LogP contribution in [0.5, 0.6) is 0 Å². The highest BCUT2D eigenvalue weighted by Gasteiger charge is 2.23. The molecule has 0 aliphatic carbocycles. The van der Waals surface area contributed by atoms with E-state index < -0.39 is 0 Å². The molecule has 1 aromatic carbocycles. The molecule has 1 aromatic heterocycles. The Hall–Kier alpha value is -2.36. The minimum atomic E-state index is 0.0934. The van der Waals surface area contributed by atoms with Crippen molar-refractivity contribution in [1.29, 1.82) is 0 Å². The second kappa shape index (κ2) is 6.82. The Balaban J connectivity index is 1.66. The summed E-state index contributed by atoms with van der Waals surface area (Å²) >= 11 is 0. The third-order valence-electron chi connectivity index (χ3n) is 4.22. The fourth-order valence-electron chi connectivity index (χ4n) is 3.26. The standard InChI is InChI=1S/C19H23N3O/c1-15-10-16(2)13-21(12-15)19(23)9-8-17-11-20-22(14-17)18-6-4-3-5-7-18/h3-9,11,14-16H,10,12-13H2,1-2H3/b9-8+. The van der Waals surface area contributed by atoms with Crippen LogP contribution in [0.15, 0.2) is 48.8 Å². The Kier molecular flexibility index (Phi) is 4.60. The van der Waals surface area contributed by atoms with E-state index in [0.717, 1.165) is 24.3 Å². The van der Waals surface area contributed by atoms with Gasteiger partial charge >= 0.3 is 0 Å². The molecule has 120 valence electrons. The Labute approximate surface area is 137 Å². The average Bonchev–Trinajstić information content (AvgIpc) is 3.01. The molecule has 1 saturated heterocycles. The number of hydrogen-bond acceptors (Lipinski definition) is 2. The molecule has 0 bridgehead atoms. The quantitative estimate of drug-likeness (QED) is 0.815. The van der Waals surface area contributed by atoms with Crippen molar-refractivity contribution in [2.75, 3.05) is 13.1 Å². The predicted octanol–water partition coefficient (Wildman–Crippen LogP) is 3.39. The first-order valence-corrected chi connectivity index (χ1v) is 8.19. The lowest BCUT2D eigenvalue weighted by Crippen LogP contribution is -2.41. The van der Waals surface area contributed by atoms with Gasteiger partial charge in [-0.3, -0.25) is 4.79 Å². The van der Waals surface area contributed by atoms with E-state index in [9.17, 15) is 4.79 Å². The van der Waals surface area contributed by atoms with Crippen LogP contribution in [0.4, 0.5) is 0 Å². The molecule has 0 saturated carbocycles. The van der Waals surface area contributed by atoms with Crippen molar-refractivity contribution in [3.8, 4) is 5.69 Å². The van der Waals surface area contributed by atoms with E-state index in [0.29, 0.717) is 11.8 Å². The van der Waals surface area contributed by atoms with Crippen molar-refractivity contribution < 1.29 is 4.79 Å². The van der Waals surface area contributed by atoms with Crippen molar-refractivity contribution in [2.24, 2.45) is 11.8 Å². The lowest BCUT2D eigenvalue weighted by Gasteiger charge is -2.34. The first-order chi connectivity index (χ1) is 11.1. The van der Waals surface area contributed by atoms with Crippen LogP contribution < -0.4 is 0 Å². The molecule has 2 unspecified atom stereocenters. The van der Waals surface area contributed by atoms with Gasteiger partial charge in [0.1, 0.15) is 0 Å². The highest BCUT2D eigenvalue weighted by molar-refractivity contribution is 5.91. The summed E-state index contributed by atoms with van der Waals surface area (Å²) in [6.45, 7) is 6.14. The maximum Gasteiger partial charge on any atom is 0.246 e. The average molecular weight is 309 g/mol. The molecule has 0 N–H and O–H groups in total. The molecule has 3 rings (SSSR count). The van der Waals surface area contributed by atoms with Crippen molar-refractivity contribution in [3.63, 3.8) is 0 Å². The van der Waals surface area contributed by atoms with Crippen molar-refractivity contribution in [3.05, 3.63) is 54.4 Å². The number of amides is 1. The van der Waals surface area contributed by atoms with Gasteiger partial charge in [0.05, 0.1) is 11.9 Å². The van der Waals surface area contributed by atoms with Crippen LogP contribution in [-0.4, -0.2) is 33.7 Å². The number of rotatable bonds is 3. The van der Waals surface area contributed by atoms with Gasteiger partial charge in [0.2, 0.25) is 5.91 Å². The van der Waals surface area contributed by atoms with Crippen LogP contribution >= 0.6 is 0 Å². The van der Waals surface area contributed by atoms with Crippen LogP contribution in [0.2, 0.25) is 0 Å². The van der Waals surface area contributed by atoms with Gasteiger partial charge in [0.25, 0.3) is 0 Å². The van der Waals surface area contributed by atoms with Gasteiger partial charge in [-0.1, -0.05) is 32.0 Å². The summed E-state index contributed by atoms with van der Waals surface area (Å²) in [5, 5.41) is 4.34. The molecule has 1 aliphatic heterocycles. The summed E-state index contributed by atoms with van der Waals surface area (Å²) in [7, 11) is 0. The number of piperidine rings is 1. The molecule has 2 heterocycles. The SMILES string of the molecule is CC1CC(C)CN(C(=O)/C=C/c2cnn(-c3ccccc3)c2)C1. The zero-order valence-corrected chi connectivity index (χ0v) is 13.7. The Bertz CT molecular complexity index is 680. The molecule has 0 radical (unpaired) electrons. The summed E-state index contributed by atoms with van der Waals surface area (Å²) in [5.41, 5.74) is 1.94. The normalized spacial score (nSPS) is 21.7. The van der Waals surface area contributed by atoms with E-state index in [1.165, 1.54) is 6.42 Å². The van der Waals surface area contributed by atoms with Crippen LogP contribution in [-0.2, 0) is 4.79 Å². The van der Waals surface area contributed by atoms with Gasteiger partial charge in [0.15, 0.2) is 0 Å². The Morgan fingerprint density at radius 3 is 2.57 bits per heavy atom. The molecular weight excluding hydrogens is 286 g/mol. The summed E-state index contributed by atoms with van der Waals surface area (Å²) in [6.07, 6.45) is 8.42. The van der Waals surface area contributed by atoms with Gasteiger partial charge in [-0.05, 0) is 36.5 Å². The van der Waals surface area contributed by atoms with E-state index in [-0.39, 0.29) is 5.91 Å². The van der Waals surface area contributed by atoms with E-state index in [2.05, 4.69) is 18.9 Å². The number of benzene rings is 1. The zero-order valence-electron chi connectivity index (χ0n) is 13.7. The van der Waals surface area contributed by atoms with Crippen LogP contribution in [0, 0.1) is 11.8 Å². The highest BCUT2D eigenvalue weighted by atomic mass is 16.2. The molecule has 2 atom stereocenters. The first kappa shape index (κ1) is 15.5. The number of para-hydroxylation sites is 1. The van der Waals surface area contributed by atoms with Gasteiger partial charge in [-0.15, -0.1) is 0 Å². The number of carbonyl (C=O) groups excluding carboxylic acids is 1. The van der Waals surface area contributed by atoms with Crippen LogP contribution in [0.3, 0.4) is 0 Å². The summed E-state index contributed by atoms with van der Waals surface area (Å²) in [5.74, 6) is 1.25. The van der Waals surface area contributed by atoms with Crippen molar-refractivity contribution in [1.82, 2.24) is 14.7 Å². The molecule has 1 fully saturated rings. The van der Waals surface area contributed by atoms with Gasteiger partial charge in [0, 0.05) is 30.9 Å². The minimum Gasteiger partial charge on any atom is -0.339 e. The molecular formula is C19H23N3O. The van der Waals surface area contributed by atoms with Crippen molar-refractivity contribution in [2.45, 2.75) is 20.3 Å². The lowest BCUT2D eigenvalue weighted by molar-refractivity contribution is -0.128. The third-order valence-corrected chi connectivity index (χ3v) is 4.22. The molecule has 1 amide bonds.